The molecule has 8 heteroatoms. The average Bonchev–Trinajstić information content (AvgIpc) is 3.26. The highest BCUT2D eigenvalue weighted by Gasteiger charge is 2.63. The fraction of sp³-hybridized carbons (Fsp3) is 0.548. The molecule has 8 nitrogen and oxygen atoms in total. The first-order chi connectivity index (χ1) is 18.2. The zero-order valence-corrected chi connectivity index (χ0v) is 23.7. The van der Waals surface area contributed by atoms with Crippen LogP contribution in [-0.4, -0.2) is 56.7 Å². The topological polar surface area (TPSA) is 104 Å². The summed E-state index contributed by atoms with van der Waals surface area (Å²) in [6.45, 7) is 11.2. The van der Waals surface area contributed by atoms with Crippen molar-refractivity contribution in [3.8, 4) is 11.5 Å². The highest BCUT2D eigenvalue weighted by atomic mass is 16.5. The Morgan fingerprint density at radius 3 is 2.03 bits per heavy atom. The molecule has 0 bridgehead atoms. The number of ether oxygens (including phenoxy) is 1. The molecular weight excluding hydrogens is 496 g/mol. The summed E-state index contributed by atoms with van der Waals surface area (Å²) in [6, 6.07) is 5.00. The number of allylic oxidation sites excluding steroid dienone is 3. The lowest BCUT2D eigenvalue weighted by atomic mass is 9.58. The van der Waals surface area contributed by atoms with Gasteiger partial charge in [-0.1, -0.05) is 29.9 Å². The Bertz CT molecular complexity index is 1310. The first kappa shape index (κ1) is 27.2. The number of likely N-dealkylation sites (tertiary alicyclic amines) is 2. The number of nitrogens with zero attached hydrogens (tertiary/aromatic N) is 2. The molecule has 1 aromatic rings. The highest BCUT2D eigenvalue weighted by molar-refractivity contribution is 6.08. The van der Waals surface area contributed by atoms with Gasteiger partial charge < -0.3 is 9.84 Å². The molecule has 0 aromatic heterocycles. The van der Waals surface area contributed by atoms with Crippen molar-refractivity contribution in [2.24, 2.45) is 35.5 Å². The van der Waals surface area contributed by atoms with Crippen molar-refractivity contribution in [1.29, 1.82) is 0 Å². The van der Waals surface area contributed by atoms with Crippen LogP contribution < -0.4 is 4.74 Å². The Hall–Kier alpha value is -3.42. The van der Waals surface area contributed by atoms with Crippen LogP contribution in [0.5, 0.6) is 11.5 Å². The van der Waals surface area contributed by atoms with Crippen molar-refractivity contribution in [3.05, 3.63) is 41.5 Å². The molecule has 3 fully saturated rings. The number of rotatable bonds is 3. The number of imide groups is 2. The van der Waals surface area contributed by atoms with Crippen LogP contribution in [0.1, 0.15) is 59.9 Å². The van der Waals surface area contributed by atoms with Crippen LogP contribution in [0.25, 0.3) is 6.08 Å². The maximum atomic E-state index is 13.8. The number of phenolic OH excluding ortho intramolecular Hbond substituents is 1. The molecule has 4 aliphatic rings. The second-order valence-electron chi connectivity index (χ2n) is 13.2. The van der Waals surface area contributed by atoms with Crippen LogP contribution in [0, 0.1) is 35.5 Å². The Kier molecular flexibility index (Phi) is 6.31. The number of fused-ring (bicyclic) bond motifs is 4. The number of benzene rings is 1. The van der Waals surface area contributed by atoms with Gasteiger partial charge in [0, 0.05) is 17.0 Å². The third-order valence-electron chi connectivity index (χ3n) is 8.74. The average molecular weight is 535 g/mol. The molecule has 2 saturated heterocycles. The molecule has 5 rings (SSSR count). The summed E-state index contributed by atoms with van der Waals surface area (Å²) >= 11 is 0. The lowest BCUT2D eigenvalue weighted by Crippen LogP contribution is -2.47. The SMILES string of the molecule is COc1cc(C=C[C@H]2C3=CC[C@@H]4C(=O)N(C(C)(C)C)C(=O)[C@@H]4[C@@H]3C[C@H]3C(=O)N(C(C)(C)C)C(=O)[C@@H]23)ccc1O. The first-order valence-corrected chi connectivity index (χ1v) is 13.7. The van der Waals surface area contributed by atoms with Crippen molar-refractivity contribution < 1.29 is 29.0 Å². The molecule has 1 aromatic carbocycles. The summed E-state index contributed by atoms with van der Waals surface area (Å²) in [5.74, 6) is -3.17. The molecule has 0 unspecified atom stereocenters. The predicted molar refractivity (Wildman–Crippen MR) is 145 cm³/mol. The monoisotopic (exact) mass is 534 g/mol. The van der Waals surface area contributed by atoms with Gasteiger partial charge in [0.1, 0.15) is 0 Å². The number of hydrogen-bond acceptors (Lipinski definition) is 6. The Morgan fingerprint density at radius 2 is 1.44 bits per heavy atom. The van der Waals surface area contributed by atoms with Gasteiger partial charge in [-0.2, -0.15) is 0 Å². The zero-order valence-electron chi connectivity index (χ0n) is 23.7. The van der Waals surface area contributed by atoms with Crippen LogP contribution in [0.2, 0.25) is 0 Å². The molecule has 2 aliphatic carbocycles. The molecule has 2 heterocycles. The fourth-order valence-corrected chi connectivity index (χ4v) is 7.18. The van der Waals surface area contributed by atoms with E-state index in [9.17, 15) is 24.3 Å². The van der Waals surface area contributed by atoms with E-state index in [-0.39, 0.29) is 35.3 Å². The number of amides is 4. The largest absolute Gasteiger partial charge is 0.504 e. The quantitative estimate of drug-likeness (QED) is 0.461. The summed E-state index contributed by atoms with van der Waals surface area (Å²) in [4.78, 5) is 57.5. The van der Waals surface area contributed by atoms with Crippen molar-refractivity contribution in [2.45, 2.75) is 65.5 Å². The third kappa shape index (κ3) is 4.19. The van der Waals surface area contributed by atoms with Crippen LogP contribution >= 0.6 is 0 Å². The molecule has 0 radical (unpaired) electrons. The molecule has 2 aliphatic heterocycles. The standard InChI is InChI=1S/C31H38N2O6/c1-30(2,3)32-26(35)19-12-11-17-18(10-8-16-9-13-22(34)23(14-16)39-7)24-21(15-20(17)25(19)29(32)38)27(36)33(28(24)37)31(4,5)6/h8-11,13-14,18-21,24-25,34H,12,15H2,1-7H3/t18-,19-,20+,21+,24-,25-/m0/s1. The Balaban J connectivity index is 1.59. The fourth-order valence-electron chi connectivity index (χ4n) is 7.18. The minimum Gasteiger partial charge on any atom is -0.504 e. The highest BCUT2D eigenvalue weighted by Crippen LogP contribution is 2.56. The van der Waals surface area contributed by atoms with E-state index in [0.29, 0.717) is 18.6 Å². The molecular formula is C31H38N2O6. The lowest BCUT2D eigenvalue weighted by molar-refractivity contribution is -0.147. The number of methoxy groups -OCH3 is 1. The van der Waals surface area contributed by atoms with Gasteiger partial charge in [-0.3, -0.25) is 29.0 Å². The summed E-state index contributed by atoms with van der Waals surface area (Å²) in [7, 11) is 1.48. The van der Waals surface area contributed by atoms with E-state index in [1.54, 1.807) is 18.2 Å². The smallest absolute Gasteiger partial charge is 0.234 e. The van der Waals surface area contributed by atoms with Crippen molar-refractivity contribution >= 4 is 29.7 Å². The summed E-state index contributed by atoms with van der Waals surface area (Å²) in [5, 5.41) is 10.0. The molecule has 0 spiro atoms. The molecule has 1 N–H and O–H groups in total. The van der Waals surface area contributed by atoms with Gasteiger partial charge in [-0.05, 0) is 78.0 Å². The van der Waals surface area contributed by atoms with Gasteiger partial charge in [0.05, 0.1) is 30.8 Å². The predicted octanol–water partition coefficient (Wildman–Crippen LogP) is 4.18. The number of phenols is 1. The minimum atomic E-state index is -0.672. The van der Waals surface area contributed by atoms with Gasteiger partial charge >= 0.3 is 0 Å². The maximum absolute atomic E-state index is 13.8. The van der Waals surface area contributed by atoms with E-state index in [4.69, 9.17) is 4.74 Å². The molecule has 1 saturated carbocycles. The maximum Gasteiger partial charge on any atom is 0.234 e. The first-order valence-electron chi connectivity index (χ1n) is 13.7. The summed E-state index contributed by atoms with van der Waals surface area (Å²) in [6.07, 6.45) is 6.68. The Morgan fingerprint density at radius 1 is 0.846 bits per heavy atom. The van der Waals surface area contributed by atoms with Gasteiger partial charge in [-0.25, -0.2) is 0 Å². The van der Waals surface area contributed by atoms with E-state index in [2.05, 4.69) is 0 Å². The summed E-state index contributed by atoms with van der Waals surface area (Å²) in [5.41, 5.74) is 0.429. The van der Waals surface area contributed by atoms with E-state index >= 15 is 0 Å². The second kappa shape index (κ2) is 9.07. The molecule has 4 amide bonds. The van der Waals surface area contributed by atoms with E-state index in [0.717, 1.165) is 11.1 Å². The van der Waals surface area contributed by atoms with Gasteiger partial charge in [0.25, 0.3) is 0 Å². The molecule has 208 valence electrons. The van der Waals surface area contributed by atoms with E-state index in [1.807, 2.05) is 59.8 Å². The van der Waals surface area contributed by atoms with Crippen LogP contribution in [0.3, 0.4) is 0 Å². The number of aromatic hydroxyl groups is 1. The van der Waals surface area contributed by atoms with Crippen molar-refractivity contribution in [3.63, 3.8) is 0 Å². The van der Waals surface area contributed by atoms with E-state index in [1.165, 1.54) is 16.9 Å². The van der Waals surface area contributed by atoms with Gasteiger partial charge in [-0.15, -0.1) is 0 Å². The number of carbonyl (C=O) groups excluding carboxylic acids is 4. The molecule has 39 heavy (non-hydrogen) atoms. The van der Waals surface area contributed by atoms with Crippen LogP contribution in [0.4, 0.5) is 0 Å². The normalized spacial score (nSPS) is 31.0. The number of carbonyl (C=O) groups is 4. The van der Waals surface area contributed by atoms with E-state index < -0.39 is 40.7 Å². The third-order valence-corrected chi connectivity index (χ3v) is 8.74. The van der Waals surface area contributed by atoms with Crippen molar-refractivity contribution in [1.82, 2.24) is 9.80 Å². The minimum absolute atomic E-state index is 0.0266. The van der Waals surface area contributed by atoms with Crippen LogP contribution in [0.15, 0.2) is 35.9 Å². The van der Waals surface area contributed by atoms with Crippen molar-refractivity contribution in [2.75, 3.05) is 7.11 Å². The Labute approximate surface area is 229 Å². The van der Waals surface area contributed by atoms with Gasteiger partial charge in [0.2, 0.25) is 23.6 Å². The van der Waals surface area contributed by atoms with Crippen LogP contribution in [-0.2, 0) is 19.2 Å². The second-order valence-corrected chi connectivity index (χ2v) is 13.2. The molecule has 6 atom stereocenters. The lowest BCUT2D eigenvalue weighted by Gasteiger charge is -2.43. The number of hydrogen-bond donors (Lipinski definition) is 1. The zero-order chi connectivity index (χ0) is 28.6. The summed E-state index contributed by atoms with van der Waals surface area (Å²) < 4.78 is 5.25. The van der Waals surface area contributed by atoms with Gasteiger partial charge in [0.15, 0.2) is 11.5 Å².